The van der Waals surface area contributed by atoms with E-state index in [4.69, 9.17) is 4.74 Å². The van der Waals surface area contributed by atoms with Crippen LogP contribution in [0.1, 0.15) is 80.8 Å². The molecule has 74 heavy (non-hydrogen) atoms. The van der Waals surface area contributed by atoms with E-state index < -0.39 is 75.2 Å². The SMILES string of the molecule is CC=C1NC(=O)[C@@H](CSC(c2ccccc2)(c2ccccc2)c2ccccc2)NC(=O)[C@@H](C(C)C)NC(=O)C[C@@H](/C=C/CCSC(c2ccccc2)(c2ccccc2)c2ccccc2)OC(=O)[C@H](C(C)C)NC1=O. The van der Waals surface area contributed by atoms with Gasteiger partial charge in [0.15, 0.2) is 0 Å². The number of hydrogen-bond donors (Lipinski definition) is 4. The standard InChI is InChI=1S/C62H66N4O6S2/c1-6-52-57(68)66-56(44(4)5)60(71)72-51(39-25-26-40-73-61(45-27-13-7-14-28-45,46-29-15-8-16-30-46)47-31-17-9-18-32-47)41-54(67)65-55(43(2)3)59(70)64-53(58(69)63-52)42-74-62(48-33-19-10-20-34-48,49-35-21-11-22-36-49)50-37-23-12-24-38-50/h6-25,27-39,43-44,51,53,55-56H,26,40-42H2,1-5H3,(H,63,69)(H,64,70)(H,65,67)(H,66,68)/b39-25+,52-6?/t51-,53-,55-,56+/m1/s1. The zero-order valence-electron chi connectivity index (χ0n) is 42.6. The van der Waals surface area contributed by atoms with Gasteiger partial charge in [-0.15, -0.1) is 23.5 Å². The molecular weight excluding hydrogens is 961 g/mol. The van der Waals surface area contributed by atoms with E-state index in [9.17, 15) is 24.0 Å². The smallest absolute Gasteiger partial charge is 0.329 e. The molecule has 0 unspecified atom stereocenters. The monoisotopic (exact) mass is 1030 g/mol. The van der Waals surface area contributed by atoms with Gasteiger partial charge < -0.3 is 26.0 Å². The molecule has 0 aromatic heterocycles. The van der Waals surface area contributed by atoms with E-state index in [1.165, 1.54) is 17.8 Å². The van der Waals surface area contributed by atoms with E-state index in [0.29, 0.717) is 12.2 Å². The summed E-state index contributed by atoms with van der Waals surface area (Å²) in [5.41, 5.74) is 6.15. The van der Waals surface area contributed by atoms with Gasteiger partial charge in [-0.05, 0) is 70.4 Å². The number of thioether (sulfide) groups is 2. The Bertz CT molecular complexity index is 2660. The van der Waals surface area contributed by atoms with Gasteiger partial charge in [-0.25, -0.2) is 4.79 Å². The topological polar surface area (TPSA) is 143 Å². The van der Waals surface area contributed by atoms with Crippen molar-refractivity contribution in [3.63, 3.8) is 0 Å². The number of carbonyl (C=O) groups is 5. The summed E-state index contributed by atoms with van der Waals surface area (Å²) in [4.78, 5) is 71.7. The molecule has 4 amide bonds. The number of ether oxygens (including phenoxy) is 1. The van der Waals surface area contributed by atoms with Gasteiger partial charge in [-0.3, -0.25) is 19.2 Å². The maximum absolute atomic E-state index is 14.6. The van der Waals surface area contributed by atoms with Gasteiger partial charge >= 0.3 is 5.97 Å². The van der Waals surface area contributed by atoms with Crippen LogP contribution in [0.5, 0.6) is 0 Å². The summed E-state index contributed by atoms with van der Waals surface area (Å²) in [5, 5.41) is 11.5. The van der Waals surface area contributed by atoms with Crippen molar-refractivity contribution in [2.45, 2.75) is 81.2 Å². The van der Waals surface area contributed by atoms with Gasteiger partial charge in [0.05, 0.1) is 15.9 Å². The average Bonchev–Trinajstić information content (AvgIpc) is 3.43. The third-order valence-electron chi connectivity index (χ3n) is 13.1. The maximum atomic E-state index is 14.6. The molecule has 1 saturated heterocycles. The van der Waals surface area contributed by atoms with Crippen LogP contribution in [0.2, 0.25) is 0 Å². The highest BCUT2D eigenvalue weighted by atomic mass is 32.2. The van der Waals surface area contributed by atoms with Gasteiger partial charge in [0.1, 0.15) is 29.9 Å². The summed E-state index contributed by atoms with van der Waals surface area (Å²) in [6, 6.07) is 57.7. The van der Waals surface area contributed by atoms with Crippen LogP contribution < -0.4 is 21.3 Å². The first-order valence-corrected chi connectivity index (χ1v) is 27.2. The second kappa shape index (κ2) is 26.2. The Morgan fingerprint density at radius 2 is 0.946 bits per heavy atom. The Morgan fingerprint density at radius 3 is 1.34 bits per heavy atom. The minimum atomic E-state index is -1.21. The summed E-state index contributed by atoms with van der Waals surface area (Å²) in [7, 11) is 0. The van der Waals surface area contributed by atoms with Crippen molar-refractivity contribution >= 4 is 53.1 Å². The first kappa shape index (κ1) is 54.6. The number of carbonyl (C=O) groups excluding carboxylic acids is 5. The molecule has 382 valence electrons. The molecule has 0 bridgehead atoms. The van der Waals surface area contributed by atoms with Crippen LogP contribution in [-0.2, 0) is 38.2 Å². The van der Waals surface area contributed by atoms with Gasteiger partial charge in [0, 0.05) is 5.75 Å². The molecule has 4 atom stereocenters. The molecule has 1 fully saturated rings. The molecule has 0 radical (unpaired) electrons. The summed E-state index contributed by atoms with van der Waals surface area (Å²) in [6.45, 7) is 8.78. The highest BCUT2D eigenvalue weighted by Gasteiger charge is 2.41. The fraction of sp³-hybridized carbons (Fsp3) is 0.274. The molecular formula is C62H66N4O6S2. The molecule has 7 rings (SSSR count). The number of esters is 1. The lowest BCUT2D eigenvalue weighted by atomic mass is 9.84. The van der Waals surface area contributed by atoms with Crippen LogP contribution in [0.4, 0.5) is 0 Å². The van der Waals surface area contributed by atoms with Crippen molar-refractivity contribution in [3.05, 3.63) is 239 Å². The van der Waals surface area contributed by atoms with Crippen LogP contribution in [0, 0.1) is 11.8 Å². The molecule has 1 aliphatic heterocycles. The number of amides is 4. The number of hydrogen-bond acceptors (Lipinski definition) is 8. The predicted molar refractivity (Wildman–Crippen MR) is 299 cm³/mol. The summed E-state index contributed by atoms with van der Waals surface area (Å²) < 4.78 is 4.69. The number of allylic oxidation sites excluding steroid dienone is 2. The van der Waals surface area contributed by atoms with E-state index in [1.807, 2.05) is 129 Å². The summed E-state index contributed by atoms with van der Waals surface area (Å²) >= 11 is 3.26. The quantitative estimate of drug-likeness (QED) is 0.0247. The molecule has 4 N–H and O–H groups in total. The van der Waals surface area contributed by atoms with Crippen molar-refractivity contribution in [1.29, 1.82) is 0 Å². The van der Waals surface area contributed by atoms with Crippen LogP contribution >= 0.6 is 23.5 Å². The Kier molecular flexibility index (Phi) is 19.3. The van der Waals surface area contributed by atoms with Crippen molar-refractivity contribution in [2.24, 2.45) is 11.8 Å². The molecule has 6 aromatic carbocycles. The van der Waals surface area contributed by atoms with Gasteiger partial charge in [0.2, 0.25) is 17.7 Å². The largest absolute Gasteiger partial charge is 0.456 e. The Balaban J connectivity index is 1.18. The predicted octanol–water partition coefficient (Wildman–Crippen LogP) is 10.5. The minimum Gasteiger partial charge on any atom is -0.456 e. The molecule has 12 heteroatoms. The second-order valence-electron chi connectivity index (χ2n) is 18.9. The van der Waals surface area contributed by atoms with Crippen LogP contribution in [0.15, 0.2) is 206 Å². The zero-order chi connectivity index (χ0) is 52.5. The fourth-order valence-electron chi connectivity index (χ4n) is 9.24. The number of nitrogens with one attached hydrogen (secondary N) is 4. The van der Waals surface area contributed by atoms with E-state index in [-0.39, 0.29) is 17.9 Å². The molecule has 6 aromatic rings. The second-order valence-corrected chi connectivity index (χ2v) is 21.4. The average molecular weight is 1030 g/mol. The first-order chi connectivity index (χ1) is 35.9. The van der Waals surface area contributed by atoms with Gasteiger partial charge in [0.25, 0.3) is 5.91 Å². The molecule has 1 heterocycles. The van der Waals surface area contributed by atoms with Crippen LogP contribution in [0.3, 0.4) is 0 Å². The minimum absolute atomic E-state index is 0.0445. The lowest BCUT2D eigenvalue weighted by Gasteiger charge is -2.36. The van der Waals surface area contributed by atoms with Gasteiger partial charge in [-0.1, -0.05) is 222 Å². The van der Waals surface area contributed by atoms with Crippen molar-refractivity contribution < 1.29 is 28.7 Å². The van der Waals surface area contributed by atoms with E-state index in [2.05, 4.69) is 94.1 Å². The lowest BCUT2D eigenvalue weighted by molar-refractivity contribution is -0.153. The Hall–Kier alpha value is -7.15. The van der Waals surface area contributed by atoms with E-state index >= 15 is 0 Å². The normalized spacial score (nSPS) is 19.2. The third kappa shape index (κ3) is 13.1. The van der Waals surface area contributed by atoms with E-state index in [1.54, 1.807) is 38.6 Å². The highest BCUT2D eigenvalue weighted by molar-refractivity contribution is 8.00. The van der Waals surface area contributed by atoms with Crippen molar-refractivity contribution in [3.8, 4) is 0 Å². The van der Waals surface area contributed by atoms with Crippen LogP contribution in [-0.4, -0.2) is 65.3 Å². The summed E-state index contributed by atoms with van der Waals surface area (Å²) in [6.07, 6.45) is 4.27. The number of rotatable bonds is 16. The molecule has 0 saturated carbocycles. The van der Waals surface area contributed by atoms with Crippen LogP contribution in [0.25, 0.3) is 0 Å². The Morgan fingerprint density at radius 1 is 0.541 bits per heavy atom. The number of cyclic esters (lactones) is 1. The lowest BCUT2D eigenvalue weighted by Crippen LogP contribution is -2.57. The molecule has 0 aliphatic carbocycles. The molecule has 1 aliphatic rings. The zero-order valence-corrected chi connectivity index (χ0v) is 44.2. The highest BCUT2D eigenvalue weighted by Crippen LogP contribution is 2.50. The maximum Gasteiger partial charge on any atom is 0.329 e. The number of benzene rings is 6. The van der Waals surface area contributed by atoms with Gasteiger partial charge in [-0.2, -0.15) is 0 Å². The van der Waals surface area contributed by atoms with Crippen molar-refractivity contribution in [2.75, 3.05) is 11.5 Å². The van der Waals surface area contributed by atoms with E-state index in [0.717, 1.165) is 33.4 Å². The molecule has 10 nitrogen and oxygen atoms in total. The van der Waals surface area contributed by atoms with Crippen molar-refractivity contribution in [1.82, 2.24) is 21.3 Å². The molecule has 0 spiro atoms. The summed E-state index contributed by atoms with van der Waals surface area (Å²) in [5.74, 6) is -3.39. The fourth-order valence-corrected chi connectivity index (χ4v) is 12.3. The Labute approximate surface area is 444 Å². The third-order valence-corrected chi connectivity index (χ3v) is 16.3. The first-order valence-electron chi connectivity index (χ1n) is 25.2.